The zero-order chi connectivity index (χ0) is 19.0. The molecule has 0 aliphatic rings. The van der Waals surface area contributed by atoms with Crippen LogP contribution in [0.5, 0.6) is 0 Å². The fourth-order valence-corrected chi connectivity index (χ4v) is 2.42. The van der Waals surface area contributed by atoms with Crippen LogP contribution in [0.1, 0.15) is 39.7 Å². The summed E-state index contributed by atoms with van der Waals surface area (Å²) in [6.45, 7) is 8.24. The van der Waals surface area contributed by atoms with Crippen LogP contribution in [0.4, 0.5) is 5.69 Å². The van der Waals surface area contributed by atoms with Gasteiger partial charge in [0.1, 0.15) is 0 Å². The first kappa shape index (κ1) is 20.5. The highest BCUT2D eigenvalue weighted by Gasteiger charge is 2.28. The molecule has 0 spiro atoms. The molecule has 0 saturated heterocycles. The van der Waals surface area contributed by atoms with Gasteiger partial charge >= 0.3 is 0 Å². The summed E-state index contributed by atoms with van der Waals surface area (Å²) >= 11 is 0. The van der Waals surface area contributed by atoms with Crippen LogP contribution in [0.2, 0.25) is 0 Å². The van der Waals surface area contributed by atoms with Crippen LogP contribution in [0.15, 0.2) is 48.1 Å². The third-order valence-corrected chi connectivity index (χ3v) is 3.90. The van der Waals surface area contributed by atoms with Crippen molar-refractivity contribution in [2.75, 3.05) is 12.1 Å². The topological polar surface area (TPSA) is 52.6 Å². The molecule has 0 aliphatic carbocycles. The van der Waals surface area contributed by atoms with E-state index in [-0.39, 0.29) is 17.7 Å². The van der Waals surface area contributed by atoms with E-state index in [1.165, 1.54) is 7.05 Å². The molecule has 0 bridgehead atoms. The molecule has 2 N–H and O–H groups in total. The molecule has 134 valence electrons. The number of benzene rings is 1. The van der Waals surface area contributed by atoms with Crippen molar-refractivity contribution in [3.8, 4) is 12.3 Å². The number of carbonyl (C=O) groups is 1. The summed E-state index contributed by atoms with van der Waals surface area (Å²) in [5, 5.41) is 14.3. The van der Waals surface area contributed by atoms with E-state index < -0.39 is 6.04 Å². The molecular formula is C21H28N2O2. The second-order valence-corrected chi connectivity index (χ2v) is 6.81. The first-order valence-electron chi connectivity index (χ1n) is 8.31. The van der Waals surface area contributed by atoms with E-state index in [2.05, 4.69) is 32.0 Å². The average molecular weight is 340 g/mol. The Bertz CT molecular complexity index is 673. The maximum Gasteiger partial charge on any atom is 0.249 e. The molecule has 1 rings (SSSR count). The SMILES string of the molecule is C#CC/C(=C\C=C/C)C(C(=O)NC)N(O)c1ccc(C(C)(C)C)cc1. The lowest BCUT2D eigenvalue weighted by Crippen LogP contribution is -2.46. The highest BCUT2D eigenvalue weighted by Crippen LogP contribution is 2.26. The van der Waals surface area contributed by atoms with Gasteiger partial charge in [-0.1, -0.05) is 51.1 Å². The Balaban J connectivity index is 3.26. The van der Waals surface area contributed by atoms with Crippen molar-refractivity contribution in [2.45, 2.75) is 45.6 Å². The molecule has 1 atom stereocenters. The summed E-state index contributed by atoms with van der Waals surface area (Å²) in [5.41, 5.74) is 2.33. The number of nitrogens with zero attached hydrogens (tertiary/aromatic N) is 1. The number of amides is 1. The van der Waals surface area contributed by atoms with Crippen LogP contribution in [-0.4, -0.2) is 24.2 Å². The van der Waals surface area contributed by atoms with Crippen molar-refractivity contribution < 1.29 is 10.0 Å². The molecule has 4 nitrogen and oxygen atoms in total. The predicted octanol–water partition coefficient (Wildman–Crippen LogP) is 3.82. The highest BCUT2D eigenvalue weighted by atomic mass is 16.5. The lowest BCUT2D eigenvalue weighted by atomic mass is 9.87. The van der Waals surface area contributed by atoms with Gasteiger partial charge in [-0.3, -0.25) is 10.0 Å². The smallest absolute Gasteiger partial charge is 0.249 e. The molecule has 0 aromatic heterocycles. The Morgan fingerprint density at radius 3 is 2.40 bits per heavy atom. The zero-order valence-electron chi connectivity index (χ0n) is 15.7. The number of anilines is 1. The lowest BCUT2D eigenvalue weighted by molar-refractivity contribution is -0.122. The van der Waals surface area contributed by atoms with E-state index >= 15 is 0 Å². The van der Waals surface area contributed by atoms with Crippen LogP contribution in [0.3, 0.4) is 0 Å². The molecule has 1 amide bonds. The molecule has 25 heavy (non-hydrogen) atoms. The number of hydrogen-bond donors (Lipinski definition) is 2. The highest BCUT2D eigenvalue weighted by molar-refractivity contribution is 5.88. The van der Waals surface area contributed by atoms with E-state index in [1.54, 1.807) is 24.3 Å². The molecule has 4 heteroatoms. The first-order valence-corrected chi connectivity index (χ1v) is 8.31. The van der Waals surface area contributed by atoms with Crippen molar-refractivity contribution >= 4 is 11.6 Å². The minimum Gasteiger partial charge on any atom is -0.357 e. The summed E-state index contributed by atoms with van der Waals surface area (Å²) < 4.78 is 0. The quantitative estimate of drug-likeness (QED) is 0.470. The van der Waals surface area contributed by atoms with Crippen LogP contribution in [-0.2, 0) is 10.2 Å². The molecule has 1 aromatic carbocycles. The van der Waals surface area contributed by atoms with Crippen molar-refractivity contribution in [2.24, 2.45) is 0 Å². The van der Waals surface area contributed by atoms with Crippen LogP contribution in [0, 0.1) is 12.3 Å². The van der Waals surface area contributed by atoms with E-state index in [9.17, 15) is 10.0 Å². The maximum atomic E-state index is 12.4. The Kier molecular flexibility index (Phi) is 7.47. The average Bonchev–Trinajstić information content (AvgIpc) is 2.58. The Hall–Kier alpha value is -2.51. The van der Waals surface area contributed by atoms with Gasteiger partial charge in [0.25, 0.3) is 0 Å². The zero-order valence-corrected chi connectivity index (χ0v) is 15.7. The molecule has 1 aromatic rings. The number of nitrogens with one attached hydrogen (secondary N) is 1. The summed E-state index contributed by atoms with van der Waals surface area (Å²) in [7, 11) is 1.54. The number of likely N-dealkylation sites (N-methyl/N-ethyl adjacent to an activating group) is 1. The number of terminal acetylenes is 1. The van der Waals surface area contributed by atoms with E-state index in [0.29, 0.717) is 11.3 Å². The van der Waals surface area contributed by atoms with Gasteiger partial charge in [0.15, 0.2) is 6.04 Å². The minimum atomic E-state index is -0.891. The third kappa shape index (κ3) is 5.51. The Morgan fingerprint density at radius 1 is 1.36 bits per heavy atom. The summed E-state index contributed by atoms with van der Waals surface area (Å²) in [6, 6.07) is 6.63. The Labute approximate surface area is 151 Å². The first-order chi connectivity index (χ1) is 11.8. The van der Waals surface area contributed by atoms with Gasteiger partial charge in [0.05, 0.1) is 5.69 Å². The fraction of sp³-hybridized carbons (Fsp3) is 0.381. The monoisotopic (exact) mass is 340 g/mol. The summed E-state index contributed by atoms with van der Waals surface area (Å²) in [6.07, 6.45) is 11.1. The van der Waals surface area contributed by atoms with E-state index in [1.807, 2.05) is 25.1 Å². The van der Waals surface area contributed by atoms with Gasteiger partial charge in [0.2, 0.25) is 5.91 Å². The van der Waals surface area contributed by atoms with Gasteiger partial charge < -0.3 is 5.32 Å². The minimum absolute atomic E-state index is 0.0134. The number of allylic oxidation sites excluding steroid dienone is 3. The number of hydrogen-bond acceptors (Lipinski definition) is 3. The van der Waals surface area contributed by atoms with Crippen LogP contribution >= 0.6 is 0 Å². The largest absolute Gasteiger partial charge is 0.357 e. The molecule has 0 fully saturated rings. The van der Waals surface area contributed by atoms with Crippen molar-refractivity contribution in [3.05, 3.63) is 53.6 Å². The molecular weight excluding hydrogens is 312 g/mol. The predicted molar refractivity (Wildman–Crippen MR) is 104 cm³/mol. The number of rotatable bonds is 6. The van der Waals surface area contributed by atoms with Crippen LogP contribution in [0.25, 0.3) is 0 Å². The van der Waals surface area contributed by atoms with Gasteiger partial charge in [-0.25, -0.2) is 5.06 Å². The van der Waals surface area contributed by atoms with Crippen LogP contribution < -0.4 is 10.4 Å². The van der Waals surface area contributed by atoms with E-state index in [4.69, 9.17) is 6.42 Å². The molecule has 1 unspecified atom stereocenters. The second-order valence-electron chi connectivity index (χ2n) is 6.81. The fourth-order valence-electron chi connectivity index (χ4n) is 2.42. The second kappa shape index (κ2) is 9.10. The third-order valence-electron chi connectivity index (χ3n) is 3.90. The van der Waals surface area contributed by atoms with E-state index in [0.717, 1.165) is 10.6 Å². The maximum absolute atomic E-state index is 12.4. The van der Waals surface area contributed by atoms with Gasteiger partial charge in [-0.2, -0.15) is 0 Å². The summed E-state index contributed by atoms with van der Waals surface area (Å²) in [4.78, 5) is 12.4. The lowest BCUT2D eigenvalue weighted by Gasteiger charge is -2.28. The standard InChI is InChI=1S/C21H28N2O2/c1-7-9-11-16(10-8-2)19(20(24)22-6)23(25)18-14-12-17(13-15-18)21(3,4)5/h2,7,9,11-15,19,25H,10H2,1,3-6H3,(H,22,24)/b9-7-,16-11+. The number of carbonyl (C=O) groups excluding carboxylic acids is 1. The summed E-state index contributed by atoms with van der Waals surface area (Å²) in [5.74, 6) is 2.23. The van der Waals surface area contributed by atoms with Crippen molar-refractivity contribution in [3.63, 3.8) is 0 Å². The van der Waals surface area contributed by atoms with Gasteiger partial charge in [-0.15, -0.1) is 12.3 Å². The molecule has 0 aliphatic heterocycles. The number of hydroxylamine groups is 1. The molecule has 0 saturated carbocycles. The van der Waals surface area contributed by atoms with Gasteiger partial charge in [0, 0.05) is 13.5 Å². The Morgan fingerprint density at radius 2 is 1.96 bits per heavy atom. The van der Waals surface area contributed by atoms with Gasteiger partial charge in [-0.05, 0) is 35.6 Å². The normalized spacial score (nSPS) is 13.4. The van der Waals surface area contributed by atoms with Crippen molar-refractivity contribution in [1.82, 2.24) is 5.32 Å². The van der Waals surface area contributed by atoms with Crippen molar-refractivity contribution in [1.29, 1.82) is 0 Å². The molecule has 0 radical (unpaired) electrons. The molecule has 0 heterocycles.